The van der Waals surface area contributed by atoms with E-state index in [9.17, 15) is 14.7 Å². The largest absolute Gasteiger partial charge is 0.456 e. The summed E-state index contributed by atoms with van der Waals surface area (Å²) < 4.78 is 5.80. The Labute approximate surface area is 133 Å². The van der Waals surface area contributed by atoms with Crippen molar-refractivity contribution in [3.05, 3.63) is 65.2 Å². The average molecular weight is 312 g/mol. The van der Waals surface area contributed by atoms with Gasteiger partial charge in [-0.25, -0.2) is 0 Å². The van der Waals surface area contributed by atoms with Crippen LogP contribution in [-0.2, 0) is 17.1 Å². The van der Waals surface area contributed by atoms with Crippen molar-refractivity contribution in [2.24, 2.45) is 5.73 Å². The summed E-state index contributed by atoms with van der Waals surface area (Å²) in [6.45, 7) is 0.244. The summed E-state index contributed by atoms with van der Waals surface area (Å²) in [5, 5.41) is 11.0. The minimum absolute atomic E-state index is 0.0267. The van der Waals surface area contributed by atoms with Gasteiger partial charge in [0, 0.05) is 23.2 Å². The number of ether oxygens (including phenoxy) is 1. The molecule has 3 rings (SSSR count). The lowest BCUT2D eigenvalue weighted by atomic mass is 10.1. The monoisotopic (exact) mass is 312 g/mol. The number of aliphatic hydroxyl groups is 1. The lowest BCUT2D eigenvalue weighted by Crippen LogP contribution is -2.42. The number of hydrogen-bond acceptors (Lipinski definition) is 4. The Morgan fingerprint density at radius 2 is 2.00 bits per heavy atom. The molecule has 0 spiro atoms. The molecule has 0 saturated carbocycles. The molecular formula is C17H16N2O4. The summed E-state index contributed by atoms with van der Waals surface area (Å²) in [6.07, 6.45) is 0.661. The van der Waals surface area contributed by atoms with Gasteiger partial charge >= 0.3 is 0 Å². The SMILES string of the molecule is NC(=O)c1ccc2c(c1)O[C@@](O)(c1ccccc1)CN(C=O)C2. The second-order valence-corrected chi connectivity index (χ2v) is 5.45. The zero-order valence-corrected chi connectivity index (χ0v) is 12.3. The standard InChI is InChI=1S/C17H16N2O4/c18-16(21)12-6-7-13-9-19(11-20)10-17(22,23-15(13)8-12)14-4-2-1-3-5-14/h1-8,11,22H,9-10H2,(H2,18,21)/t17-/m1/s1. The van der Waals surface area contributed by atoms with E-state index in [4.69, 9.17) is 10.5 Å². The van der Waals surface area contributed by atoms with Gasteiger partial charge in [0.15, 0.2) is 0 Å². The summed E-state index contributed by atoms with van der Waals surface area (Å²) in [5.41, 5.74) is 6.78. The van der Waals surface area contributed by atoms with Crippen LogP contribution in [0.3, 0.4) is 0 Å². The van der Waals surface area contributed by atoms with E-state index in [1.807, 2.05) is 6.07 Å². The van der Waals surface area contributed by atoms with Crippen LogP contribution in [0.2, 0.25) is 0 Å². The van der Waals surface area contributed by atoms with Crippen molar-refractivity contribution >= 4 is 12.3 Å². The molecule has 0 aromatic heterocycles. The number of rotatable bonds is 3. The first-order valence-corrected chi connectivity index (χ1v) is 7.11. The first-order valence-electron chi connectivity index (χ1n) is 7.11. The highest BCUT2D eigenvalue weighted by atomic mass is 16.6. The Morgan fingerprint density at radius 1 is 1.26 bits per heavy atom. The number of benzene rings is 2. The minimum atomic E-state index is -1.70. The van der Waals surface area contributed by atoms with Gasteiger partial charge in [-0.05, 0) is 12.1 Å². The molecule has 0 bridgehead atoms. The van der Waals surface area contributed by atoms with E-state index >= 15 is 0 Å². The third-order valence-electron chi connectivity index (χ3n) is 3.80. The van der Waals surface area contributed by atoms with Crippen molar-refractivity contribution < 1.29 is 19.4 Å². The van der Waals surface area contributed by atoms with Gasteiger partial charge in [-0.1, -0.05) is 36.4 Å². The van der Waals surface area contributed by atoms with Gasteiger partial charge in [-0.3, -0.25) is 9.59 Å². The molecule has 0 unspecified atom stereocenters. The summed E-state index contributed by atoms with van der Waals surface area (Å²) in [4.78, 5) is 24.1. The Bertz CT molecular complexity index is 748. The second kappa shape index (κ2) is 5.73. The lowest BCUT2D eigenvalue weighted by molar-refractivity contribution is -0.161. The number of carbonyl (C=O) groups excluding carboxylic acids is 2. The zero-order valence-electron chi connectivity index (χ0n) is 12.3. The molecule has 0 fully saturated rings. The maximum Gasteiger partial charge on any atom is 0.252 e. The maximum atomic E-state index is 11.4. The van der Waals surface area contributed by atoms with Crippen LogP contribution in [0.5, 0.6) is 5.75 Å². The van der Waals surface area contributed by atoms with Crippen molar-refractivity contribution in [2.75, 3.05) is 6.54 Å². The molecule has 1 atom stereocenters. The van der Waals surface area contributed by atoms with E-state index in [-0.39, 0.29) is 18.7 Å². The van der Waals surface area contributed by atoms with Crippen LogP contribution in [0.25, 0.3) is 0 Å². The molecular weight excluding hydrogens is 296 g/mol. The quantitative estimate of drug-likeness (QED) is 0.826. The molecule has 6 heteroatoms. The molecule has 3 N–H and O–H groups in total. The molecule has 118 valence electrons. The first kappa shape index (κ1) is 15.1. The van der Waals surface area contributed by atoms with E-state index in [1.165, 1.54) is 11.0 Å². The minimum Gasteiger partial charge on any atom is -0.456 e. The molecule has 1 heterocycles. The van der Waals surface area contributed by atoms with Crippen molar-refractivity contribution in [3.8, 4) is 5.75 Å². The van der Waals surface area contributed by atoms with Gasteiger partial charge in [0.1, 0.15) is 5.75 Å². The first-order chi connectivity index (χ1) is 11.0. The van der Waals surface area contributed by atoms with Gasteiger partial charge in [-0.2, -0.15) is 0 Å². The number of hydrogen-bond donors (Lipinski definition) is 2. The normalized spacial score (nSPS) is 20.1. The fourth-order valence-electron chi connectivity index (χ4n) is 2.62. The third-order valence-corrected chi connectivity index (χ3v) is 3.80. The molecule has 2 aromatic carbocycles. The number of amides is 2. The van der Waals surface area contributed by atoms with Crippen LogP contribution in [0.1, 0.15) is 21.5 Å². The zero-order chi connectivity index (χ0) is 16.4. The highest BCUT2D eigenvalue weighted by molar-refractivity contribution is 5.93. The number of primary amides is 1. The van der Waals surface area contributed by atoms with Crippen molar-refractivity contribution in [2.45, 2.75) is 12.3 Å². The summed E-state index contributed by atoms with van der Waals surface area (Å²) in [7, 11) is 0. The summed E-state index contributed by atoms with van der Waals surface area (Å²) >= 11 is 0. The van der Waals surface area contributed by atoms with Crippen molar-refractivity contribution in [1.82, 2.24) is 4.90 Å². The number of β-amino-alcohol motifs (C(OH)–C–C–N with tert-alkyl or cyclic N) is 1. The van der Waals surface area contributed by atoms with E-state index in [2.05, 4.69) is 0 Å². The average Bonchev–Trinajstić information content (AvgIpc) is 2.71. The Kier molecular flexibility index (Phi) is 3.75. The highest BCUT2D eigenvalue weighted by Crippen LogP contribution is 2.34. The lowest BCUT2D eigenvalue weighted by Gasteiger charge is -2.30. The topological polar surface area (TPSA) is 92.9 Å². The predicted octanol–water partition coefficient (Wildman–Crippen LogP) is 0.982. The second-order valence-electron chi connectivity index (χ2n) is 5.45. The molecule has 23 heavy (non-hydrogen) atoms. The molecule has 6 nitrogen and oxygen atoms in total. The van der Waals surface area contributed by atoms with E-state index in [0.29, 0.717) is 23.3 Å². The van der Waals surface area contributed by atoms with Crippen LogP contribution in [-0.4, -0.2) is 28.9 Å². The molecule has 0 aliphatic carbocycles. The van der Waals surface area contributed by atoms with Crippen molar-refractivity contribution in [1.29, 1.82) is 0 Å². The van der Waals surface area contributed by atoms with Crippen LogP contribution in [0.15, 0.2) is 48.5 Å². The Morgan fingerprint density at radius 3 is 2.65 bits per heavy atom. The number of fused-ring (bicyclic) bond motifs is 1. The molecule has 1 aliphatic heterocycles. The van der Waals surface area contributed by atoms with Gasteiger partial charge < -0.3 is 20.5 Å². The van der Waals surface area contributed by atoms with E-state index < -0.39 is 11.7 Å². The highest BCUT2D eigenvalue weighted by Gasteiger charge is 2.37. The van der Waals surface area contributed by atoms with Gasteiger partial charge in [0.05, 0.1) is 6.54 Å². The Balaban J connectivity index is 2.09. The summed E-state index contributed by atoms with van der Waals surface area (Å²) in [5.74, 6) is -1.96. The van der Waals surface area contributed by atoms with Crippen molar-refractivity contribution in [3.63, 3.8) is 0 Å². The molecule has 1 aliphatic rings. The fraction of sp³-hybridized carbons (Fsp3) is 0.176. The Hall–Kier alpha value is -2.86. The number of carbonyl (C=O) groups is 2. The van der Waals surface area contributed by atoms with Crippen LogP contribution in [0, 0.1) is 0 Å². The molecule has 2 amide bonds. The molecule has 0 radical (unpaired) electrons. The van der Waals surface area contributed by atoms with Gasteiger partial charge in [-0.15, -0.1) is 0 Å². The van der Waals surface area contributed by atoms with E-state index in [1.54, 1.807) is 36.4 Å². The maximum absolute atomic E-state index is 11.4. The summed E-state index contributed by atoms with van der Waals surface area (Å²) in [6, 6.07) is 13.5. The number of nitrogens with zero attached hydrogens (tertiary/aromatic N) is 1. The van der Waals surface area contributed by atoms with E-state index in [0.717, 1.165) is 0 Å². The third kappa shape index (κ3) is 2.89. The predicted molar refractivity (Wildman–Crippen MR) is 82.4 cm³/mol. The molecule has 0 saturated heterocycles. The van der Waals surface area contributed by atoms with Gasteiger partial charge in [0.2, 0.25) is 12.3 Å². The van der Waals surface area contributed by atoms with Crippen LogP contribution >= 0.6 is 0 Å². The smallest absolute Gasteiger partial charge is 0.252 e. The number of nitrogens with two attached hydrogens (primary N) is 1. The van der Waals surface area contributed by atoms with Gasteiger partial charge in [0.25, 0.3) is 5.79 Å². The molecule has 2 aromatic rings. The van der Waals surface area contributed by atoms with Crippen LogP contribution < -0.4 is 10.5 Å². The van der Waals surface area contributed by atoms with Crippen LogP contribution in [0.4, 0.5) is 0 Å². The fourth-order valence-corrected chi connectivity index (χ4v) is 2.62.